The Labute approximate surface area is 104 Å². The van der Waals surface area contributed by atoms with Crippen molar-refractivity contribution in [3.63, 3.8) is 0 Å². The third-order valence-electron chi connectivity index (χ3n) is 3.15. The Hall–Kier alpha value is -1.36. The van der Waals surface area contributed by atoms with Gasteiger partial charge in [0.2, 0.25) is 5.91 Å². The van der Waals surface area contributed by atoms with Crippen LogP contribution in [0.15, 0.2) is 11.4 Å². The van der Waals surface area contributed by atoms with E-state index >= 15 is 0 Å². The van der Waals surface area contributed by atoms with Crippen molar-refractivity contribution in [3.8, 4) is 0 Å². The number of hydrogen-bond donors (Lipinski definition) is 1. The average Bonchev–Trinajstić information content (AvgIpc) is 2.97. The minimum absolute atomic E-state index is 0.236. The standard InChI is InChI=1S/C12H16N2O2S/c13-12(16)6-14(9-3-1-2-4-9)10-5-11(7-15)17-8-10/h5,7-9H,1-4,6H2,(H2,13,16). The molecule has 0 aliphatic heterocycles. The fourth-order valence-electron chi connectivity index (χ4n) is 2.37. The zero-order valence-corrected chi connectivity index (χ0v) is 10.4. The largest absolute Gasteiger partial charge is 0.368 e. The van der Waals surface area contributed by atoms with Crippen molar-refractivity contribution >= 4 is 29.2 Å². The van der Waals surface area contributed by atoms with E-state index in [2.05, 4.69) is 0 Å². The lowest BCUT2D eigenvalue weighted by Gasteiger charge is -2.28. The topological polar surface area (TPSA) is 63.4 Å². The normalized spacial score (nSPS) is 16.0. The summed E-state index contributed by atoms with van der Waals surface area (Å²) in [4.78, 5) is 24.5. The van der Waals surface area contributed by atoms with Crippen molar-refractivity contribution in [2.45, 2.75) is 31.7 Å². The molecular weight excluding hydrogens is 236 g/mol. The number of thiophene rings is 1. The average molecular weight is 252 g/mol. The van der Waals surface area contributed by atoms with E-state index in [4.69, 9.17) is 5.73 Å². The van der Waals surface area contributed by atoms with E-state index < -0.39 is 0 Å². The van der Waals surface area contributed by atoms with Gasteiger partial charge in [0, 0.05) is 17.1 Å². The Balaban J connectivity index is 2.18. The Kier molecular flexibility index (Phi) is 3.78. The molecule has 1 aromatic rings. The summed E-state index contributed by atoms with van der Waals surface area (Å²) < 4.78 is 0. The summed E-state index contributed by atoms with van der Waals surface area (Å²) in [5, 5.41) is 1.92. The number of carbonyl (C=O) groups is 2. The molecule has 0 unspecified atom stereocenters. The first-order valence-corrected chi connectivity index (χ1v) is 6.67. The highest BCUT2D eigenvalue weighted by atomic mass is 32.1. The Morgan fingerprint density at radius 3 is 2.76 bits per heavy atom. The molecule has 2 N–H and O–H groups in total. The van der Waals surface area contributed by atoms with Crippen molar-refractivity contribution in [3.05, 3.63) is 16.3 Å². The molecule has 0 aromatic carbocycles. The second-order valence-electron chi connectivity index (χ2n) is 4.36. The first-order valence-electron chi connectivity index (χ1n) is 5.79. The Morgan fingerprint density at radius 2 is 2.24 bits per heavy atom. The number of aldehydes is 1. The fraction of sp³-hybridized carbons (Fsp3) is 0.500. The SMILES string of the molecule is NC(=O)CN(c1csc(C=O)c1)C1CCCC1. The minimum Gasteiger partial charge on any atom is -0.368 e. The summed E-state index contributed by atoms with van der Waals surface area (Å²) in [5.74, 6) is -0.323. The molecule has 0 saturated heterocycles. The van der Waals surface area contributed by atoms with Crippen molar-refractivity contribution in [1.82, 2.24) is 0 Å². The molecule has 0 atom stereocenters. The highest BCUT2D eigenvalue weighted by Crippen LogP contribution is 2.30. The molecule has 5 heteroatoms. The van der Waals surface area contributed by atoms with Crippen molar-refractivity contribution in [1.29, 1.82) is 0 Å². The summed E-state index contributed by atoms with van der Waals surface area (Å²) >= 11 is 1.40. The Bertz CT molecular complexity index is 410. The van der Waals surface area contributed by atoms with Crippen molar-refractivity contribution in [2.24, 2.45) is 5.73 Å². The third kappa shape index (κ3) is 2.85. The maximum Gasteiger partial charge on any atom is 0.236 e. The van der Waals surface area contributed by atoms with E-state index in [-0.39, 0.29) is 12.5 Å². The quantitative estimate of drug-likeness (QED) is 0.813. The van der Waals surface area contributed by atoms with Gasteiger partial charge in [0.05, 0.1) is 11.4 Å². The zero-order valence-electron chi connectivity index (χ0n) is 9.59. The van der Waals surface area contributed by atoms with Gasteiger partial charge in [-0.1, -0.05) is 12.8 Å². The molecule has 1 aromatic heterocycles. The second-order valence-corrected chi connectivity index (χ2v) is 5.30. The second kappa shape index (κ2) is 5.31. The van der Waals surface area contributed by atoms with E-state index in [1.54, 1.807) is 0 Å². The van der Waals surface area contributed by atoms with Gasteiger partial charge < -0.3 is 10.6 Å². The van der Waals surface area contributed by atoms with Crippen molar-refractivity contribution < 1.29 is 9.59 Å². The number of anilines is 1. The van der Waals surface area contributed by atoms with Crippen LogP contribution in [0.5, 0.6) is 0 Å². The lowest BCUT2D eigenvalue weighted by Crippen LogP contribution is -2.40. The molecule has 1 saturated carbocycles. The summed E-state index contributed by atoms with van der Waals surface area (Å²) in [7, 11) is 0. The molecular formula is C12H16N2O2S. The van der Waals surface area contributed by atoms with E-state index in [0.717, 1.165) is 24.8 Å². The van der Waals surface area contributed by atoms with Crippen LogP contribution < -0.4 is 10.6 Å². The molecule has 92 valence electrons. The minimum atomic E-state index is -0.323. The number of hydrogen-bond acceptors (Lipinski definition) is 4. The van der Waals surface area contributed by atoms with Crippen LogP contribution in [-0.2, 0) is 4.79 Å². The first kappa shape index (κ1) is 12.1. The monoisotopic (exact) mass is 252 g/mol. The van der Waals surface area contributed by atoms with Gasteiger partial charge in [0.25, 0.3) is 0 Å². The van der Waals surface area contributed by atoms with Crippen LogP contribution in [0, 0.1) is 0 Å². The number of carbonyl (C=O) groups excluding carboxylic acids is 2. The van der Waals surface area contributed by atoms with Gasteiger partial charge in [-0.3, -0.25) is 9.59 Å². The van der Waals surface area contributed by atoms with Crippen LogP contribution >= 0.6 is 11.3 Å². The maximum atomic E-state index is 11.1. The molecule has 1 aliphatic rings. The molecule has 2 rings (SSSR count). The maximum absolute atomic E-state index is 11.1. The van der Waals surface area contributed by atoms with E-state index in [1.807, 2.05) is 16.3 Å². The van der Waals surface area contributed by atoms with Crippen LogP contribution in [0.1, 0.15) is 35.4 Å². The summed E-state index contributed by atoms with van der Waals surface area (Å²) in [6.07, 6.45) is 5.43. The van der Waals surface area contributed by atoms with Gasteiger partial charge in [0.1, 0.15) is 0 Å². The first-order chi connectivity index (χ1) is 8.20. The zero-order chi connectivity index (χ0) is 12.3. The van der Waals surface area contributed by atoms with Crippen LogP contribution in [0.3, 0.4) is 0 Å². The lowest BCUT2D eigenvalue weighted by atomic mass is 10.2. The number of primary amides is 1. The van der Waals surface area contributed by atoms with Gasteiger partial charge in [0.15, 0.2) is 6.29 Å². The van der Waals surface area contributed by atoms with Crippen molar-refractivity contribution in [2.75, 3.05) is 11.4 Å². The highest BCUT2D eigenvalue weighted by Gasteiger charge is 2.24. The number of nitrogens with zero attached hydrogens (tertiary/aromatic N) is 1. The molecule has 0 bridgehead atoms. The smallest absolute Gasteiger partial charge is 0.236 e. The molecule has 1 amide bonds. The molecule has 1 aliphatic carbocycles. The van der Waals surface area contributed by atoms with Crippen LogP contribution in [-0.4, -0.2) is 24.8 Å². The fourth-order valence-corrected chi connectivity index (χ4v) is 3.07. The van der Waals surface area contributed by atoms with E-state index in [9.17, 15) is 9.59 Å². The van der Waals surface area contributed by atoms with Gasteiger partial charge in [-0.15, -0.1) is 11.3 Å². The van der Waals surface area contributed by atoms with Crippen LogP contribution in [0.2, 0.25) is 0 Å². The van der Waals surface area contributed by atoms with E-state index in [1.165, 1.54) is 24.2 Å². The molecule has 1 heterocycles. The number of amides is 1. The van der Waals surface area contributed by atoms with Gasteiger partial charge >= 0.3 is 0 Å². The van der Waals surface area contributed by atoms with Crippen LogP contribution in [0.25, 0.3) is 0 Å². The van der Waals surface area contributed by atoms with Gasteiger partial charge in [-0.05, 0) is 18.9 Å². The summed E-state index contributed by atoms with van der Waals surface area (Å²) in [6.45, 7) is 0.236. The predicted molar refractivity (Wildman–Crippen MR) is 68.5 cm³/mol. The summed E-state index contributed by atoms with van der Waals surface area (Å²) in [5.41, 5.74) is 6.24. The van der Waals surface area contributed by atoms with E-state index in [0.29, 0.717) is 10.9 Å². The highest BCUT2D eigenvalue weighted by molar-refractivity contribution is 7.12. The molecule has 17 heavy (non-hydrogen) atoms. The number of nitrogens with two attached hydrogens (primary N) is 1. The van der Waals surface area contributed by atoms with Gasteiger partial charge in [-0.25, -0.2) is 0 Å². The third-order valence-corrected chi connectivity index (χ3v) is 3.99. The number of rotatable bonds is 5. The molecule has 1 fully saturated rings. The molecule has 4 nitrogen and oxygen atoms in total. The molecule has 0 spiro atoms. The summed E-state index contributed by atoms with van der Waals surface area (Å²) in [6, 6.07) is 2.22. The van der Waals surface area contributed by atoms with Gasteiger partial charge in [-0.2, -0.15) is 0 Å². The Morgan fingerprint density at radius 1 is 1.53 bits per heavy atom. The molecule has 0 radical (unpaired) electrons. The lowest BCUT2D eigenvalue weighted by molar-refractivity contribution is -0.116. The predicted octanol–water partition coefficient (Wildman–Crippen LogP) is 1.79. The van der Waals surface area contributed by atoms with Crippen LogP contribution in [0.4, 0.5) is 5.69 Å².